The fourth-order valence-corrected chi connectivity index (χ4v) is 2.26. The van der Waals surface area contributed by atoms with Crippen LogP contribution >= 0.6 is 11.6 Å². The van der Waals surface area contributed by atoms with Gasteiger partial charge in [-0.1, -0.05) is 16.8 Å². The molecule has 1 N–H and O–H groups in total. The molecule has 2 heterocycles. The van der Waals surface area contributed by atoms with Gasteiger partial charge in [-0.2, -0.15) is 13.2 Å². The van der Waals surface area contributed by atoms with Crippen molar-refractivity contribution in [3.05, 3.63) is 45.6 Å². The highest BCUT2D eigenvalue weighted by molar-refractivity contribution is 6.31. The molecule has 0 aliphatic heterocycles. The Morgan fingerprint density at radius 1 is 1.39 bits per heavy atom. The van der Waals surface area contributed by atoms with Gasteiger partial charge in [-0.05, 0) is 19.9 Å². The van der Waals surface area contributed by atoms with Gasteiger partial charge in [0.15, 0.2) is 0 Å². The Kier molecular flexibility index (Phi) is 4.93. The predicted molar refractivity (Wildman–Crippen MR) is 76.3 cm³/mol. The molecule has 0 radical (unpaired) electrons. The first-order valence-electron chi connectivity index (χ1n) is 6.63. The number of aryl methyl sites for hydroxylation is 2. The first kappa shape index (κ1) is 17.3. The molecule has 5 nitrogen and oxygen atoms in total. The van der Waals surface area contributed by atoms with E-state index in [1.807, 2.05) is 0 Å². The molecule has 124 valence electrons. The summed E-state index contributed by atoms with van der Waals surface area (Å²) in [6.45, 7) is 3.42. The quantitative estimate of drug-likeness (QED) is 0.921. The fraction of sp³-hybridized carbons (Fsp3) is 0.357. The lowest BCUT2D eigenvalue weighted by molar-refractivity contribution is -0.137. The van der Waals surface area contributed by atoms with E-state index in [-0.39, 0.29) is 29.6 Å². The van der Waals surface area contributed by atoms with Gasteiger partial charge in [0.2, 0.25) is 0 Å². The molecule has 0 atom stereocenters. The number of hydrogen-bond donors (Lipinski definition) is 1. The van der Waals surface area contributed by atoms with E-state index in [0.717, 1.165) is 12.3 Å². The van der Waals surface area contributed by atoms with Gasteiger partial charge in [0.1, 0.15) is 11.3 Å². The van der Waals surface area contributed by atoms with Gasteiger partial charge in [0.05, 0.1) is 22.0 Å². The molecular weight excluding hydrogens is 335 g/mol. The summed E-state index contributed by atoms with van der Waals surface area (Å²) >= 11 is 5.80. The summed E-state index contributed by atoms with van der Waals surface area (Å²) in [5, 5.41) is 6.21. The highest BCUT2D eigenvalue weighted by atomic mass is 35.5. The lowest BCUT2D eigenvalue weighted by Gasteiger charge is -2.09. The Morgan fingerprint density at radius 2 is 2.09 bits per heavy atom. The normalized spacial score (nSPS) is 11.6. The smallest absolute Gasteiger partial charge is 0.361 e. The van der Waals surface area contributed by atoms with E-state index >= 15 is 0 Å². The zero-order valence-corrected chi connectivity index (χ0v) is 13.0. The first-order chi connectivity index (χ1) is 10.7. The van der Waals surface area contributed by atoms with Gasteiger partial charge >= 0.3 is 6.18 Å². The minimum Gasteiger partial charge on any atom is -0.361 e. The molecule has 0 aliphatic carbocycles. The highest BCUT2D eigenvalue weighted by Crippen LogP contribution is 2.31. The van der Waals surface area contributed by atoms with Crippen molar-refractivity contribution < 1.29 is 22.5 Å². The number of amides is 1. The summed E-state index contributed by atoms with van der Waals surface area (Å²) in [5.74, 6) is 0.0231. The van der Waals surface area contributed by atoms with Crippen molar-refractivity contribution in [3.8, 4) is 0 Å². The Morgan fingerprint density at radius 3 is 2.61 bits per heavy atom. The first-order valence-corrected chi connectivity index (χ1v) is 7.00. The number of pyridine rings is 1. The van der Waals surface area contributed by atoms with E-state index in [4.69, 9.17) is 16.1 Å². The maximum atomic E-state index is 12.5. The standard InChI is InChI=1S/C14H13ClF3N3O2/c1-7-12(8(2)23-21-7)13(22)19-4-3-11-10(15)5-9(6-20-11)14(16,17)18/h5-6H,3-4H2,1-2H3,(H,19,22). The Bertz CT molecular complexity index is 709. The maximum absolute atomic E-state index is 12.5. The third-order valence-corrected chi connectivity index (χ3v) is 3.48. The van der Waals surface area contributed by atoms with Crippen LogP contribution in [0.3, 0.4) is 0 Å². The zero-order chi connectivity index (χ0) is 17.2. The summed E-state index contributed by atoms with van der Waals surface area (Å²) in [4.78, 5) is 15.7. The fourth-order valence-electron chi connectivity index (χ4n) is 2.00. The molecule has 2 aromatic heterocycles. The van der Waals surface area contributed by atoms with E-state index in [1.54, 1.807) is 13.8 Å². The number of alkyl halides is 3. The second kappa shape index (κ2) is 6.57. The lowest BCUT2D eigenvalue weighted by atomic mass is 10.2. The molecule has 0 aliphatic rings. The van der Waals surface area contributed by atoms with Crippen LogP contribution in [0.2, 0.25) is 5.02 Å². The molecule has 0 aromatic carbocycles. The number of halogens is 4. The monoisotopic (exact) mass is 347 g/mol. The Hall–Kier alpha value is -2.09. The van der Waals surface area contributed by atoms with E-state index in [9.17, 15) is 18.0 Å². The zero-order valence-electron chi connectivity index (χ0n) is 12.3. The van der Waals surface area contributed by atoms with Crippen molar-refractivity contribution in [1.82, 2.24) is 15.5 Å². The third-order valence-electron chi connectivity index (χ3n) is 3.15. The van der Waals surface area contributed by atoms with Crippen LogP contribution in [-0.4, -0.2) is 22.6 Å². The molecule has 0 unspecified atom stereocenters. The summed E-state index contributed by atoms with van der Waals surface area (Å²) in [7, 11) is 0. The summed E-state index contributed by atoms with van der Waals surface area (Å²) in [5.41, 5.74) is 0.173. The van der Waals surface area contributed by atoms with Crippen molar-refractivity contribution in [2.24, 2.45) is 0 Å². The lowest BCUT2D eigenvalue weighted by Crippen LogP contribution is -2.26. The van der Waals surface area contributed by atoms with Gasteiger partial charge in [-0.25, -0.2) is 0 Å². The topological polar surface area (TPSA) is 68.0 Å². The molecule has 1 amide bonds. The number of aromatic nitrogens is 2. The minimum absolute atomic E-state index is 0.0913. The van der Waals surface area contributed by atoms with Gasteiger partial charge in [-0.15, -0.1) is 0 Å². The molecular formula is C14H13ClF3N3O2. The highest BCUT2D eigenvalue weighted by Gasteiger charge is 2.31. The van der Waals surface area contributed by atoms with Crippen molar-refractivity contribution in [3.63, 3.8) is 0 Å². The van der Waals surface area contributed by atoms with Gasteiger partial charge in [0, 0.05) is 19.2 Å². The van der Waals surface area contributed by atoms with Gasteiger partial charge in [-0.3, -0.25) is 9.78 Å². The molecule has 0 fully saturated rings. The number of hydrogen-bond acceptors (Lipinski definition) is 4. The van der Waals surface area contributed by atoms with Crippen LogP contribution < -0.4 is 5.32 Å². The van der Waals surface area contributed by atoms with E-state index in [2.05, 4.69) is 15.5 Å². The number of rotatable bonds is 4. The number of carbonyl (C=O) groups is 1. The van der Waals surface area contributed by atoms with Crippen LogP contribution in [0.1, 0.15) is 33.1 Å². The Balaban J connectivity index is 1.98. The van der Waals surface area contributed by atoms with Crippen molar-refractivity contribution in [2.45, 2.75) is 26.4 Å². The second-order valence-corrected chi connectivity index (χ2v) is 5.26. The number of nitrogens with zero attached hydrogens (tertiary/aromatic N) is 2. The summed E-state index contributed by atoms with van der Waals surface area (Å²) < 4.78 is 42.5. The van der Waals surface area contributed by atoms with Crippen molar-refractivity contribution in [1.29, 1.82) is 0 Å². The van der Waals surface area contributed by atoms with Crippen LogP contribution in [0.5, 0.6) is 0 Å². The molecule has 2 aromatic rings. The van der Waals surface area contributed by atoms with Crippen molar-refractivity contribution >= 4 is 17.5 Å². The SMILES string of the molecule is Cc1noc(C)c1C(=O)NCCc1ncc(C(F)(F)F)cc1Cl. The molecule has 0 bridgehead atoms. The molecule has 9 heteroatoms. The largest absolute Gasteiger partial charge is 0.417 e. The van der Waals surface area contributed by atoms with Gasteiger partial charge < -0.3 is 9.84 Å². The molecule has 2 rings (SSSR count). The van der Waals surface area contributed by atoms with Crippen LogP contribution in [0.15, 0.2) is 16.8 Å². The minimum atomic E-state index is -4.49. The van der Waals surface area contributed by atoms with Crippen LogP contribution in [0.25, 0.3) is 0 Å². The maximum Gasteiger partial charge on any atom is 0.417 e. The Labute approximate surface area is 134 Å². The molecule has 0 saturated carbocycles. The average molecular weight is 348 g/mol. The van der Waals surface area contributed by atoms with Crippen LogP contribution in [-0.2, 0) is 12.6 Å². The number of carbonyl (C=O) groups excluding carboxylic acids is 1. The third kappa shape index (κ3) is 4.01. The average Bonchev–Trinajstić information content (AvgIpc) is 2.78. The summed E-state index contributed by atoms with van der Waals surface area (Å²) in [6, 6.07) is 0.819. The van der Waals surface area contributed by atoms with Crippen LogP contribution in [0.4, 0.5) is 13.2 Å². The molecule has 0 spiro atoms. The summed E-state index contributed by atoms with van der Waals surface area (Å²) in [6.07, 6.45) is -3.57. The van der Waals surface area contributed by atoms with Crippen molar-refractivity contribution in [2.75, 3.05) is 6.54 Å². The van der Waals surface area contributed by atoms with E-state index in [1.165, 1.54) is 0 Å². The number of nitrogens with one attached hydrogen (secondary N) is 1. The van der Waals surface area contributed by atoms with Crippen LogP contribution in [0, 0.1) is 13.8 Å². The second-order valence-electron chi connectivity index (χ2n) is 4.86. The predicted octanol–water partition coefficient (Wildman–Crippen LogP) is 3.33. The van der Waals surface area contributed by atoms with Gasteiger partial charge in [0.25, 0.3) is 5.91 Å². The molecule has 23 heavy (non-hydrogen) atoms. The molecule has 0 saturated heterocycles. The van der Waals surface area contributed by atoms with E-state index < -0.39 is 11.7 Å². The van der Waals surface area contributed by atoms with E-state index in [0.29, 0.717) is 17.0 Å².